The van der Waals surface area contributed by atoms with Gasteiger partial charge in [0, 0.05) is 4.90 Å². The molecule has 0 fully saturated rings. The van der Waals surface area contributed by atoms with Crippen molar-refractivity contribution in [1.82, 2.24) is 5.32 Å². The van der Waals surface area contributed by atoms with Crippen LogP contribution in [-0.4, -0.2) is 24.9 Å². The van der Waals surface area contributed by atoms with Gasteiger partial charge in [-0.25, -0.2) is 0 Å². The lowest BCUT2D eigenvalue weighted by Gasteiger charge is -2.25. The topological polar surface area (TPSA) is 47.6 Å². The Hall–Kier alpha value is -2.14. The lowest BCUT2D eigenvalue weighted by atomic mass is 9.95. The Kier molecular flexibility index (Phi) is 6.09. The molecule has 0 aromatic heterocycles. The van der Waals surface area contributed by atoms with Crippen molar-refractivity contribution in [2.75, 3.05) is 19.0 Å². The maximum atomic E-state index is 12.5. The van der Waals surface area contributed by atoms with E-state index >= 15 is 0 Å². The van der Waals surface area contributed by atoms with Gasteiger partial charge < -0.3 is 14.8 Å². The first-order valence-corrected chi connectivity index (χ1v) is 9.90. The zero-order chi connectivity index (χ0) is 18.5. The molecule has 0 radical (unpaired) electrons. The number of hydrogen-bond acceptors (Lipinski definition) is 4. The van der Waals surface area contributed by atoms with E-state index in [1.807, 2.05) is 36.4 Å². The van der Waals surface area contributed by atoms with E-state index in [1.54, 1.807) is 11.8 Å². The SMILES string of the molecule is Cc1ccccc1SCC(=O)N[C@H](c1ccc2c(c1)OCCO2)C(C)C. The summed E-state index contributed by atoms with van der Waals surface area (Å²) in [4.78, 5) is 13.7. The highest BCUT2D eigenvalue weighted by Crippen LogP contribution is 2.34. The molecule has 1 heterocycles. The fourth-order valence-corrected chi connectivity index (χ4v) is 3.81. The quantitative estimate of drug-likeness (QED) is 0.766. The van der Waals surface area contributed by atoms with Crippen molar-refractivity contribution in [3.05, 3.63) is 53.6 Å². The number of ether oxygens (including phenoxy) is 2. The standard InChI is InChI=1S/C21H25NO3S/c1-14(2)21(16-8-9-17-18(12-16)25-11-10-24-17)22-20(23)13-26-19-7-5-4-6-15(19)3/h4-9,12,14,21H,10-11,13H2,1-3H3,(H,22,23)/t21-/m0/s1. The van der Waals surface area contributed by atoms with Crippen LogP contribution in [0.1, 0.15) is 31.0 Å². The number of nitrogens with one attached hydrogen (secondary N) is 1. The van der Waals surface area contributed by atoms with Gasteiger partial charge in [0.25, 0.3) is 0 Å². The number of thioether (sulfide) groups is 1. The van der Waals surface area contributed by atoms with Crippen molar-refractivity contribution >= 4 is 17.7 Å². The summed E-state index contributed by atoms with van der Waals surface area (Å²) in [5.74, 6) is 2.22. The van der Waals surface area contributed by atoms with Gasteiger partial charge in [-0.1, -0.05) is 38.1 Å². The largest absolute Gasteiger partial charge is 0.486 e. The van der Waals surface area contributed by atoms with Gasteiger partial charge in [0.2, 0.25) is 5.91 Å². The molecule has 2 aromatic carbocycles. The average Bonchev–Trinajstić information content (AvgIpc) is 2.65. The minimum Gasteiger partial charge on any atom is -0.486 e. The van der Waals surface area contributed by atoms with Crippen molar-refractivity contribution in [1.29, 1.82) is 0 Å². The van der Waals surface area contributed by atoms with Crippen LogP contribution in [0.3, 0.4) is 0 Å². The summed E-state index contributed by atoms with van der Waals surface area (Å²) in [6, 6.07) is 14.0. The van der Waals surface area contributed by atoms with Crippen LogP contribution in [-0.2, 0) is 4.79 Å². The van der Waals surface area contributed by atoms with E-state index in [-0.39, 0.29) is 17.9 Å². The maximum Gasteiger partial charge on any atom is 0.230 e. The molecule has 1 amide bonds. The second kappa shape index (κ2) is 8.49. The van der Waals surface area contributed by atoms with Crippen LogP contribution in [0.25, 0.3) is 0 Å². The smallest absolute Gasteiger partial charge is 0.230 e. The Morgan fingerprint density at radius 2 is 1.85 bits per heavy atom. The molecule has 1 atom stereocenters. The highest BCUT2D eigenvalue weighted by molar-refractivity contribution is 8.00. The zero-order valence-corrected chi connectivity index (χ0v) is 16.3. The van der Waals surface area contributed by atoms with Gasteiger partial charge in [0.05, 0.1) is 11.8 Å². The number of fused-ring (bicyclic) bond motifs is 1. The average molecular weight is 372 g/mol. The van der Waals surface area contributed by atoms with Crippen LogP contribution < -0.4 is 14.8 Å². The Morgan fingerprint density at radius 3 is 2.58 bits per heavy atom. The van der Waals surface area contributed by atoms with E-state index in [0.29, 0.717) is 19.0 Å². The first-order chi connectivity index (χ1) is 12.5. The van der Waals surface area contributed by atoms with Gasteiger partial charge >= 0.3 is 0 Å². The highest BCUT2D eigenvalue weighted by Gasteiger charge is 2.21. The molecule has 26 heavy (non-hydrogen) atoms. The molecule has 2 aromatic rings. The van der Waals surface area contributed by atoms with Gasteiger partial charge in [0.1, 0.15) is 13.2 Å². The Morgan fingerprint density at radius 1 is 1.12 bits per heavy atom. The first kappa shape index (κ1) is 18.6. The van der Waals surface area contributed by atoms with Gasteiger partial charge in [-0.2, -0.15) is 0 Å². The van der Waals surface area contributed by atoms with Crippen molar-refractivity contribution in [3.8, 4) is 11.5 Å². The van der Waals surface area contributed by atoms with E-state index < -0.39 is 0 Å². The molecule has 0 unspecified atom stereocenters. The number of aryl methyl sites for hydroxylation is 1. The van der Waals surface area contributed by atoms with E-state index in [2.05, 4.69) is 32.2 Å². The highest BCUT2D eigenvalue weighted by atomic mass is 32.2. The molecule has 0 aliphatic carbocycles. The summed E-state index contributed by atoms with van der Waals surface area (Å²) >= 11 is 1.57. The number of hydrogen-bond donors (Lipinski definition) is 1. The lowest BCUT2D eigenvalue weighted by Crippen LogP contribution is -2.33. The summed E-state index contributed by atoms with van der Waals surface area (Å²) in [5.41, 5.74) is 2.23. The van der Waals surface area contributed by atoms with Gasteiger partial charge in [-0.15, -0.1) is 11.8 Å². The molecule has 4 nitrogen and oxygen atoms in total. The van der Waals surface area contributed by atoms with Crippen LogP contribution in [0.15, 0.2) is 47.4 Å². The molecular weight excluding hydrogens is 346 g/mol. The third kappa shape index (κ3) is 4.52. The van der Waals surface area contributed by atoms with Crippen molar-refractivity contribution in [2.24, 2.45) is 5.92 Å². The van der Waals surface area contributed by atoms with Crippen molar-refractivity contribution < 1.29 is 14.3 Å². The third-order valence-electron chi connectivity index (χ3n) is 4.36. The van der Waals surface area contributed by atoms with Gasteiger partial charge in [0.15, 0.2) is 11.5 Å². The second-order valence-corrected chi connectivity index (χ2v) is 7.76. The van der Waals surface area contributed by atoms with E-state index in [1.165, 1.54) is 5.56 Å². The van der Waals surface area contributed by atoms with Gasteiger partial charge in [-0.3, -0.25) is 4.79 Å². The Bertz CT molecular complexity index is 776. The summed E-state index contributed by atoms with van der Waals surface area (Å²) in [6.45, 7) is 7.41. The summed E-state index contributed by atoms with van der Waals surface area (Å²) < 4.78 is 11.3. The Balaban J connectivity index is 1.66. The molecular formula is C21H25NO3S. The molecule has 0 spiro atoms. The fraction of sp³-hybridized carbons (Fsp3) is 0.381. The zero-order valence-electron chi connectivity index (χ0n) is 15.5. The molecule has 1 N–H and O–H groups in total. The lowest BCUT2D eigenvalue weighted by molar-refractivity contribution is -0.119. The minimum absolute atomic E-state index is 0.0341. The second-order valence-electron chi connectivity index (χ2n) is 6.75. The molecule has 1 aliphatic heterocycles. The van der Waals surface area contributed by atoms with E-state index in [9.17, 15) is 4.79 Å². The first-order valence-electron chi connectivity index (χ1n) is 8.92. The molecule has 1 aliphatic rings. The Labute approximate surface area is 159 Å². The molecule has 0 bridgehead atoms. The molecule has 0 saturated carbocycles. The van der Waals surface area contributed by atoms with Crippen LogP contribution in [0.2, 0.25) is 0 Å². The van der Waals surface area contributed by atoms with Crippen LogP contribution in [0, 0.1) is 12.8 Å². The number of benzene rings is 2. The van der Waals surface area contributed by atoms with Crippen LogP contribution in [0.4, 0.5) is 0 Å². The predicted molar refractivity (Wildman–Crippen MR) is 105 cm³/mol. The monoisotopic (exact) mass is 371 g/mol. The van der Waals surface area contributed by atoms with Crippen LogP contribution in [0.5, 0.6) is 11.5 Å². The number of carbonyl (C=O) groups is 1. The fourth-order valence-electron chi connectivity index (χ4n) is 2.97. The molecule has 3 rings (SSSR count). The minimum atomic E-state index is -0.0594. The van der Waals surface area contributed by atoms with Gasteiger partial charge in [-0.05, 0) is 42.2 Å². The number of rotatable bonds is 6. The van der Waals surface area contributed by atoms with E-state index in [0.717, 1.165) is 22.0 Å². The molecule has 0 saturated heterocycles. The summed E-state index contributed by atoms with van der Waals surface area (Å²) in [7, 11) is 0. The third-order valence-corrected chi connectivity index (χ3v) is 5.54. The number of carbonyl (C=O) groups excluding carboxylic acids is 1. The molecule has 5 heteroatoms. The predicted octanol–water partition coefficient (Wildman–Crippen LogP) is 4.37. The number of amides is 1. The summed E-state index contributed by atoms with van der Waals surface area (Å²) in [6.07, 6.45) is 0. The normalized spacial score (nSPS) is 14.2. The van der Waals surface area contributed by atoms with Crippen LogP contribution >= 0.6 is 11.8 Å². The molecule has 138 valence electrons. The van der Waals surface area contributed by atoms with Crippen molar-refractivity contribution in [2.45, 2.75) is 31.7 Å². The van der Waals surface area contributed by atoms with Crippen molar-refractivity contribution in [3.63, 3.8) is 0 Å². The van der Waals surface area contributed by atoms with E-state index in [4.69, 9.17) is 9.47 Å². The maximum absolute atomic E-state index is 12.5. The summed E-state index contributed by atoms with van der Waals surface area (Å²) in [5, 5.41) is 3.17.